The van der Waals surface area contributed by atoms with E-state index in [1.165, 1.54) is 41.3 Å². The van der Waals surface area contributed by atoms with Crippen molar-refractivity contribution in [1.29, 1.82) is 0 Å². The Morgan fingerprint density at radius 2 is 2.23 bits per heavy atom. The van der Waals surface area contributed by atoms with Gasteiger partial charge in [0.1, 0.15) is 23.2 Å². The first kappa shape index (κ1) is 22.2. The second kappa shape index (κ2) is 10.5. The molecule has 0 aliphatic heterocycles. The predicted molar refractivity (Wildman–Crippen MR) is 115 cm³/mol. The maximum Gasteiger partial charge on any atom is 0.236 e. The van der Waals surface area contributed by atoms with Crippen LogP contribution < -0.4 is 10.1 Å². The van der Waals surface area contributed by atoms with E-state index >= 15 is 0 Å². The molecule has 3 aromatic rings. The van der Waals surface area contributed by atoms with Crippen molar-refractivity contribution in [2.24, 2.45) is 0 Å². The molecule has 1 aromatic carbocycles. The van der Waals surface area contributed by atoms with Crippen molar-refractivity contribution < 1.29 is 13.9 Å². The number of hydrogen-bond donors (Lipinski definition) is 1. The van der Waals surface area contributed by atoms with E-state index in [0.29, 0.717) is 28.4 Å². The van der Waals surface area contributed by atoms with Crippen molar-refractivity contribution in [3.8, 4) is 5.75 Å². The van der Waals surface area contributed by atoms with E-state index in [2.05, 4.69) is 32.3 Å². The molecule has 30 heavy (non-hydrogen) atoms. The number of ether oxygens (including phenoxy) is 1. The van der Waals surface area contributed by atoms with Gasteiger partial charge in [0.2, 0.25) is 11.0 Å². The number of thioether (sulfide) groups is 1. The van der Waals surface area contributed by atoms with Crippen LogP contribution in [0.15, 0.2) is 36.0 Å². The molecule has 0 radical (unpaired) electrons. The van der Waals surface area contributed by atoms with Gasteiger partial charge in [0.25, 0.3) is 0 Å². The van der Waals surface area contributed by atoms with Gasteiger partial charge in [-0.15, -0.1) is 27.0 Å². The van der Waals surface area contributed by atoms with Crippen LogP contribution in [0.4, 0.5) is 9.52 Å². The van der Waals surface area contributed by atoms with Crippen LogP contribution in [0.1, 0.15) is 17.8 Å². The Labute approximate surface area is 185 Å². The zero-order valence-corrected chi connectivity index (χ0v) is 18.4. The zero-order chi connectivity index (χ0) is 21.5. The predicted octanol–water partition coefficient (Wildman–Crippen LogP) is 3.98. The number of nitrogens with zero attached hydrogens (tertiary/aromatic N) is 5. The lowest BCUT2D eigenvalue weighted by Crippen LogP contribution is -2.15. The van der Waals surface area contributed by atoms with Gasteiger partial charge in [0.15, 0.2) is 11.0 Å². The molecule has 0 aliphatic carbocycles. The Morgan fingerprint density at radius 1 is 1.40 bits per heavy atom. The lowest BCUT2D eigenvalue weighted by Gasteiger charge is -2.10. The van der Waals surface area contributed by atoms with E-state index in [0.717, 1.165) is 11.4 Å². The number of anilines is 1. The molecule has 0 fully saturated rings. The third-order valence-corrected chi connectivity index (χ3v) is 5.95. The van der Waals surface area contributed by atoms with Gasteiger partial charge in [-0.05, 0) is 24.6 Å². The van der Waals surface area contributed by atoms with E-state index in [9.17, 15) is 9.18 Å². The van der Waals surface area contributed by atoms with Crippen LogP contribution in [-0.4, -0.2) is 36.6 Å². The van der Waals surface area contributed by atoms with Crippen molar-refractivity contribution in [3.63, 3.8) is 0 Å². The summed E-state index contributed by atoms with van der Waals surface area (Å²) >= 11 is 8.56. The van der Waals surface area contributed by atoms with Crippen molar-refractivity contribution in [3.05, 3.63) is 52.5 Å². The molecule has 2 aromatic heterocycles. The molecular weight excluding hydrogens is 451 g/mol. The monoisotopic (exact) mass is 468 g/mol. The van der Waals surface area contributed by atoms with Gasteiger partial charge in [-0.25, -0.2) is 4.39 Å². The topological polar surface area (TPSA) is 94.8 Å². The number of amides is 1. The molecule has 0 saturated heterocycles. The van der Waals surface area contributed by atoms with Crippen LogP contribution in [0.3, 0.4) is 0 Å². The first-order valence-corrected chi connectivity index (χ1v) is 11.0. The normalized spacial score (nSPS) is 10.8. The van der Waals surface area contributed by atoms with Crippen molar-refractivity contribution in [2.45, 2.75) is 31.7 Å². The summed E-state index contributed by atoms with van der Waals surface area (Å²) in [5, 5.41) is 20.9. The molecule has 0 bridgehead atoms. The lowest BCUT2D eigenvalue weighted by molar-refractivity contribution is -0.113. The van der Waals surface area contributed by atoms with Crippen molar-refractivity contribution in [1.82, 2.24) is 25.0 Å². The maximum absolute atomic E-state index is 13.2. The number of aryl methyl sites for hydroxylation is 1. The average Bonchev–Trinajstić information content (AvgIpc) is 3.33. The molecule has 1 amide bonds. The van der Waals surface area contributed by atoms with Crippen LogP contribution in [0.2, 0.25) is 5.02 Å². The quantitative estimate of drug-likeness (QED) is 0.355. The van der Waals surface area contributed by atoms with E-state index < -0.39 is 5.82 Å². The van der Waals surface area contributed by atoms with Crippen LogP contribution in [0, 0.1) is 5.82 Å². The summed E-state index contributed by atoms with van der Waals surface area (Å²) in [4.78, 5) is 12.2. The highest BCUT2D eigenvalue weighted by Gasteiger charge is 2.15. The van der Waals surface area contributed by atoms with Crippen molar-refractivity contribution in [2.75, 3.05) is 11.1 Å². The number of carbonyl (C=O) groups excluding carboxylic acids is 1. The fourth-order valence-electron chi connectivity index (χ4n) is 2.31. The fraction of sp³-hybridized carbons (Fsp3) is 0.278. The number of rotatable bonds is 10. The average molecular weight is 469 g/mol. The molecule has 12 heteroatoms. The van der Waals surface area contributed by atoms with Gasteiger partial charge in [-0.3, -0.25) is 14.7 Å². The Morgan fingerprint density at radius 3 is 2.93 bits per heavy atom. The third-order valence-electron chi connectivity index (χ3n) is 3.70. The van der Waals surface area contributed by atoms with Gasteiger partial charge in [0.05, 0.1) is 10.8 Å². The second-order valence-corrected chi connectivity index (χ2v) is 8.26. The Balaban J connectivity index is 1.61. The minimum atomic E-state index is -0.446. The van der Waals surface area contributed by atoms with Crippen LogP contribution in [0.5, 0.6) is 5.75 Å². The number of aromatic nitrogens is 5. The van der Waals surface area contributed by atoms with Crippen LogP contribution >= 0.6 is 34.7 Å². The second-order valence-electron chi connectivity index (χ2n) is 5.85. The molecule has 1 N–H and O–H groups in total. The number of carbonyl (C=O) groups is 1. The summed E-state index contributed by atoms with van der Waals surface area (Å²) in [7, 11) is 0. The summed E-state index contributed by atoms with van der Waals surface area (Å²) in [5.41, 5.74) is 0. The minimum absolute atomic E-state index is 0.0729. The molecule has 0 atom stereocenters. The van der Waals surface area contributed by atoms with Crippen molar-refractivity contribution >= 4 is 45.7 Å². The SMILES string of the molecule is C=CCn1c(COc2ccc(F)cc2Cl)nnc1SCC(=O)Nc1nnc(CC)s1. The highest BCUT2D eigenvalue weighted by Crippen LogP contribution is 2.26. The molecule has 8 nitrogen and oxygen atoms in total. The number of benzene rings is 1. The van der Waals surface area contributed by atoms with E-state index in [4.69, 9.17) is 16.3 Å². The molecule has 0 saturated carbocycles. The van der Waals surface area contributed by atoms with Crippen LogP contribution in [-0.2, 0) is 24.4 Å². The first-order chi connectivity index (χ1) is 14.5. The molecule has 0 aliphatic rings. The van der Waals surface area contributed by atoms with E-state index in [1.54, 1.807) is 10.6 Å². The summed E-state index contributed by atoms with van der Waals surface area (Å²) in [6.07, 6.45) is 2.45. The number of nitrogens with one attached hydrogen (secondary N) is 1. The first-order valence-electron chi connectivity index (χ1n) is 8.86. The highest BCUT2D eigenvalue weighted by atomic mass is 35.5. The Hall–Kier alpha value is -2.50. The summed E-state index contributed by atoms with van der Waals surface area (Å²) in [6, 6.07) is 3.88. The molecule has 0 spiro atoms. The highest BCUT2D eigenvalue weighted by molar-refractivity contribution is 7.99. The third kappa shape index (κ3) is 5.77. The number of allylic oxidation sites excluding steroid dienone is 1. The summed E-state index contributed by atoms with van der Waals surface area (Å²) < 4.78 is 20.6. The molecule has 158 valence electrons. The van der Waals surface area contributed by atoms with E-state index in [1.807, 2.05) is 6.92 Å². The standard InChI is InChI=1S/C18H18ClFN6O2S2/c1-3-7-26-14(9-28-13-6-5-11(20)8-12(13)19)22-25-18(26)29-10-15(27)21-17-24-23-16(4-2)30-17/h3,5-6,8H,1,4,7,9-10H2,2H3,(H,21,24,27). The maximum atomic E-state index is 13.2. The van der Waals surface area contributed by atoms with Gasteiger partial charge in [-0.2, -0.15) is 0 Å². The molecular formula is C18H18ClFN6O2S2. The summed E-state index contributed by atoms with van der Waals surface area (Å²) in [6.45, 7) is 6.22. The largest absolute Gasteiger partial charge is 0.484 e. The van der Waals surface area contributed by atoms with Crippen LogP contribution in [0.25, 0.3) is 0 Å². The fourth-order valence-corrected chi connectivity index (χ4v) is 4.00. The summed E-state index contributed by atoms with van der Waals surface area (Å²) in [5.74, 6) is 0.320. The molecule has 2 heterocycles. The number of hydrogen-bond acceptors (Lipinski definition) is 8. The molecule has 3 rings (SSSR count). The smallest absolute Gasteiger partial charge is 0.236 e. The number of halogens is 2. The van der Waals surface area contributed by atoms with E-state index in [-0.39, 0.29) is 23.3 Å². The lowest BCUT2D eigenvalue weighted by atomic mass is 10.3. The van der Waals surface area contributed by atoms with Gasteiger partial charge in [-0.1, -0.05) is 47.7 Å². The van der Waals surface area contributed by atoms with Gasteiger partial charge in [0, 0.05) is 6.54 Å². The zero-order valence-electron chi connectivity index (χ0n) is 16.0. The minimum Gasteiger partial charge on any atom is -0.484 e. The van der Waals surface area contributed by atoms with Gasteiger partial charge >= 0.3 is 0 Å². The Bertz CT molecular complexity index is 1040. The Kier molecular flexibility index (Phi) is 7.77. The molecule has 0 unspecified atom stereocenters. The van der Waals surface area contributed by atoms with Gasteiger partial charge < -0.3 is 4.74 Å².